The Morgan fingerprint density at radius 2 is 0.838 bits per heavy atom. The van der Waals surface area contributed by atoms with Crippen LogP contribution in [0.2, 0.25) is 0 Å². The summed E-state index contributed by atoms with van der Waals surface area (Å²) in [6.07, 6.45) is 0. The van der Waals surface area contributed by atoms with E-state index in [4.69, 9.17) is 0 Å². The molecule has 37 heavy (non-hydrogen) atoms. The molecule has 180 valence electrons. The van der Waals surface area contributed by atoms with Gasteiger partial charge in [0.25, 0.3) is 0 Å². The highest BCUT2D eigenvalue weighted by atomic mass is 32.2. The smallest absolute Gasteiger partial charge is 0.153 e. The molecule has 6 aromatic rings. The summed E-state index contributed by atoms with van der Waals surface area (Å²) in [5.41, 5.74) is 3.03. The minimum Gasteiger partial charge on any atom is -0.505 e. The molecule has 6 rings (SSSR count). The maximum Gasteiger partial charge on any atom is 0.153 e. The molecular weight excluding hydrogens is 476 g/mol. The summed E-state index contributed by atoms with van der Waals surface area (Å²) in [5, 5.41) is 33.5. The highest BCUT2D eigenvalue weighted by molar-refractivity contribution is 7.99. The number of hydrogen-bond donors (Lipinski definition) is 4. The minimum atomic E-state index is 0.137. The van der Waals surface area contributed by atoms with Gasteiger partial charge in [0.2, 0.25) is 0 Å². The molecule has 0 aromatic heterocycles. The van der Waals surface area contributed by atoms with Crippen molar-refractivity contribution in [2.24, 2.45) is 0 Å². The van der Waals surface area contributed by atoms with Crippen molar-refractivity contribution in [3.63, 3.8) is 0 Å². The number of phenolic OH excluding ortho intramolecular Hbond substituents is 2. The quantitative estimate of drug-likeness (QED) is 0.172. The van der Waals surface area contributed by atoms with Crippen LogP contribution in [-0.4, -0.2) is 10.2 Å². The van der Waals surface area contributed by atoms with Crippen LogP contribution in [0, 0.1) is 0 Å². The molecule has 0 unspecified atom stereocenters. The van der Waals surface area contributed by atoms with E-state index in [1.807, 2.05) is 121 Å². The lowest BCUT2D eigenvalue weighted by Gasteiger charge is -2.18. The lowest BCUT2D eigenvalue weighted by molar-refractivity contribution is 0.463. The van der Waals surface area contributed by atoms with E-state index in [1.165, 1.54) is 11.8 Å². The normalized spacial score (nSPS) is 11.0. The molecule has 4 nitrogen and oxygen atoms in total. The topological polar surface area (TPSA) is 64.5 Å². The fourth-order valence-corrected chi connectivity index (χ4v) is 5.49. The standard InChI is InChI=1S/C32H24N2O2S/c35-31-27(19-21-11-7-9-17-25(21)29(31)33-23-13-3-1-4-14-23)37-28-20-22-12-8-10-18-26(22)30(32(28)36)34-24-15-5-2-6-16-24/h1-20,33-36H. The summed E-state index contributed by atoms with van der Waals surface area (Å²) in [6.45, 7) is 0. The molecule has 0 aliphatic heterocycles. The van der Waals surface area contributed by atoms with Crippen molar-refractivity contribution >= 4 is 56.1 Å². The highest BCUT2D eigenvalue weighted by Gasteiger charge is 2.19. The van der Waals surface area contributed by atoms with Crippen LogP contribution in [0.15, 0.2) is 131 Å². The number of phenols is 2. The van der Waals surface area contributed by atoms with Crippen LogP contribution >= 0.6 is 11.8 Å². The zero-order valence-corrected chi connectivity index (χ0v) is 20.7. The third-order valence-corrected chi connectivity index (χ3v) is 7.34. The van der Waals surface area contributed by atoms with Gasteiger partial charge in [-0.2, -0.15) is 0 Å². The molecule has 0 saturated carbocycles. The minimum absolute atomic E-state index is 0.137. The number of nitrogens with one attached hydrogen (secondary N) is 2. The van der Waals surface area contributed by atoms with Crippen LogP contribution in [0.25, 0.3) is 21.5 Å². The van der Waals surface area contributed by atoms with Crippen molar-refractivity contribution in [3.05, 3.63) is 121 Å². The van der Waals surface area contributed by atoms with Crippen molar-refractivity contribution in [3.8, 4) is 11.5 Å². The molecule has 0 aliphatic rings. The molecule has 0 saturated heterocycles. The molecule has 4 N–H and O–H groups in total. The monoisotopic (exact) mass is 500 g/mol. The average molecular weight is 501 g/mol. The molecule has 6 aromatic carbocycles. The predicted octanol–water partition coefficient (Wildman–Crippen LogP) is 9.04. The fourth-order valence-electron chi connectivity index (χ4n) is 4.48. The van der Waals surface area contributed by atoms with Gasteiger partial charge in [0.15, 0.2) is 11.5 Å². The third kappa shape index (κ3) is 4.53. The summed E-state index contributed by atoms with van der Waals surface area (Å²) in [4.78, 5) is 1.29. The van der Waals surface area contributed by atoms with Crippen molar-refractivity contribution in [1.82, 2.24) is 0 Å². The lowest BCUT2D eigenvalue weighted by Crippen LogP contribution is -1.95. The molecular formula is C32H24N2O2S. The summed E-state index contributed by atoms with van der Waals surface area (Å²) in [6, 6.07) is 39.4. The molecule has 0 radical (unpaired) electrons. The first-order chi connectivity index (χ1) is 18.2. The van der Waals surface area contributed by atoms with Crippen LogP contribution in [0.4, 0.5) is 22.7 Å². The van der Waals surface area contributed by atoms with E-state index < -0.39 is 0 Å². The van der Waals surface area contributed by atoms with Crippen LogP contribution < -0.4 is 10.6 Å². The lowest BCUT2D eigenvalue weighted by atomic mass is 10.1. The van der Waals surface area contributed by atoms with Crippen LogP contribution in [0.5, 0.6) is 11.5 Å². The molecule has 0 atom stereocenters. The van der Waals surface area contributed by atoms with Gasteiger partial charge in [0.05, 0.1) is 21.2 Å². The van der Waals surface area contributed by atoms with Gasteiger partial charge < -0.3 is 20.8 Å². The Bertz CT molecular complexity index is 1590. The fraction of sp³-hybridized carbons (Fsp3) is 0. The number of aromatic hydroxyl groups is 2. The number of hydrogen-bond acceptors (Lipinski definition) is 5. The van der Waals surface area contributed by atoms with E-state index in [0.29, 0.717) is 21.2 Å². The highest BCUT2D eigenvalue weighted by Crippen LogP contribution is 2.49. The summed E-state index contributed by atoms with van der Waals surface area (Å²) >= 11 is 1.34. The molecule has 0 spiro atoms. The van der Waals surface area contributed by atoms with Gasteiger partial charge in [-0.05, 0) is 47.2 Å². The first-order valence-electron chi connectivity index (χ1n) is 12.0. The summed E-state index contributed by atoms with van der Waals surface area (Å²) < 4.78 is 0. The van der Waals surface area contributed by atoms with E-state index >= 15 is 0 Å². The Labute approximate surface area is 219 Å². The van der Waals surface area contributed by atoms with Gasteiger partial charge in [-0.1, -0.05) is 96.7 Å². The zero-order valence-electron chi connectivity index (χ0n) is 19.8. The van der Waals surface area contributed by atoms with Crippen LogP contribution in [0.3, 0.4) is 0 Å². The van der Waals surface area contributed by atoms with Crippen molar-refractivity contribution in [1.29, 1.82) is 0 Å². The SMILES string of the molecule is Oc1c(Sc2cc3ccccc3c(Nc3ccccc3)c2O)cc2ccccc2c1Nc1ccccc1. The Balaban J connectivity index is 1.48. The molecule has 0 amide bonds. The molecule has 0 aliphatic carbocycles. The molecule has 0 bridgehead atoms. The van der Waals surface area contributed by atoms with Crippen LogP contribution in [-0.2, 0) is 0 Å². The second-order valence-electron chi connectivity index (χ2n) is 8.72. The first kappa shape index (κ1) is 22.8. The van der Waals surface area contributed by atoms with E-state index in [0.717, 1.165) is 32.9 Å². The van der Waals surface area contributed by atoms with Crippen molar-refractivity contribution < 1.29 is 10.2 Å². The number of para-hydroxylation sites is 2. The Morgan fingerprint density at radius 3 is 1.27 bits per heavy atom. The van der Waals surface area contributed by atoms with E-state index in [-0.39, 0.29) is 11.5 Å². The third-order valence-electron chi connectivity index (χ3n) is 6.28. The number of rotatable bonds is 6. The average Bonchev–Trinajstić information content (AvgIpc) is 2.94. The van der Waals surface area contributed by atoms with E-state index in [2.05, 4.69) is 10.6 Å². The maximum absolute atomic E-state index is 11.4. The van der Waals surface area contributed by atoms with Gasteiger partial charge in [0, 0.05) is 22.1 Å². The Morgan fingerprint density at radius 1 is 0.459 bits per heavy atom. The molecule has 0 fully saturated rings. The van der Waals surface area contributed by atoms with Crippen molar-refractivity contribution in [2.45, 2.75) is 9.79 Å². The maximum atomic E-state index is 11.4. The van der Waals surface area contributed by atoms with Gasteiger partial charge in [-0.3, -0.25) is 0 Å². The summed E-state index contributed by atoms with van der Waals surface area (Å²) in [7, 11) is 0. The predicted molar refractivity (Wildman–Crippen MR) is 155 cm³/mol. The second-order valence-corrected chi connectivity index (χ2v) is 9.81. The Hall–Kier alpha value is -4.61. The van der Waals surface area contributed by atoms with E-state index in [1.54, 1.807) is 0 Å². The van der Waals surface area contributed by atoms with Crippen molar-refractivity contribution in [2.75, 3.05) is 10.6 Å². The largest absolute Gasteiger partial charge is 0.505 e. The zero-order chi connectivity index (χ0) is 25.2. The van der Waals surface area contributed by atoms with Gasteiger partial charge in [0.1, 0.15) is 0 Å². The number of fused-ring (bicyclic) bond motifs is 2. The van der Waals surface area contributed by atoms with Gasteiger partial charge in [-0.15, -0.1) is 0 Å². The second kappa shape index (κ2) is 9.80. The van der Waals surface area contributed by atoms with E-state index in [9.17, 15) is 10.2 Å². The number of anilines is 4. The van der Waals surface area contributed by atoms with Crippen LogP contribution in [0.1, 0.15) is 0 Å². The summed E-state index contributed by atoms with van der Waals surface area (Å²) in [5.74, 6) is 0.273. The Kier molecular flexibility index (Phi) is 6.05. The number of benzene rings is 6. The molecule has 5 heteroatoms. The van der Waals surface area contributed by atoms with Gasteiger partial charge >= 0.3 is 0 Å². The molecule has 0 heterocycles. The van der Waals surface area contributed by atoms with Gasteiger partial charge in [-0.25, -0.2) is 0 Å². The first-order valence-corrected chi connectivity index (χ1v) is 12.8.